The molecule has 2 rings (SSSR count). The van der Waals surface area contributed by atoms with Crippen LogP contribution in [0.25, 0.3) is 0 Å². The molecule has 2 amide bonds. The maximum atomic E-state index is 12.1. The molecule has 0 aromatic heterocycles. The summed E-state index contributed by atoms with van der Waals surface area (Å²) >= 11 is 12.1. The molecule has 0 saturated carbocycles. The Labute approximate surface area is 157 Å². The van der Waals surface area contributed by atoms with Crippen LogP contribution in [0.4, 0.5) is 10.5 Å². The number of likely N-dealkylation sites (tertiary alicyclic amines) is 1. The van der Waals surface area contributed by atoms with Crippen molar-refractivity contribution in [2.45, 2.75) is 32.2 Å². The number of rotatable bonds is 6. The maximum absolute atomic E-state index is 12.1. The largest absolute Gasteiger partial charge is 0.450 e. The molecule has 1 aromatic rings. The van der Waals surface area contributed by atoms with Crippen LogP contribution < -0.4 is 10.6 Å². The third-order valence-corrected chi connectivity index (χ3v) is 4.63. The highest BCUT2D eigenvalue weighted by Crippen LogP contribution is 2.29. The van der Waals surface area contributed by atoms with Crippen molar-refractivity contribution in [2.24, 2.45) is 0 Å². The summed E-state index contributed by atoms with van der Waals surface area (Å²) in [4.78, 5) is 25.4. The minimum Gasteiger partial charge on any atom is -0.450 e. The van der Waals surface area contributed by atoms with Gasteiger partial charge in [-0.3, -0.25) is 4.79 Å². The van der Waals surface area contributed by atoms with E-state index in [0.29, 0.717) is 48.4 Å². The summed E-state index contributed by atoms with van der Waals surface area (Å²) in [6, 6.07) is 5.34. The Morgan fingerprint density at radius 3 is 2.48 bits per heavy atom. The Hall–Kier alpha value is -1.66. The molecule has 0 aliphatic carbocycles. The van der Waals surface area contributed by atoms with Gasteiger partial charge in [0.15, 0.2) is 0 Å². The average Bonchev–Trinajstić information content (AvgIpc) is 2.58. The van der Waals surface area contributed by atoms with E-state index in [1.165, 1.54) is 0 Å². The zero-order chi connectivity index (χ0) is 18.2. The fourth-order valence-electron chi connectivity index (χ4n) is 2.69. The van der Waals surface area contributed by atoms with Crippen molar-refractivity contribution in [3.05, 3.63) is 28.2 Å². The van der Waals surface area contributed by atoms with Crippen molar-refractivity contribution in [1.82, 2.24) is 10.2 Å². The minimum absolute atomic E-state index is 0.0368. The molecule has 0 radical (unpaired) electrons. The number of benzene rings is 1. The smallest absolute Gasteiger partial charge is 0.409 e. The van der Waals surface area contributed by atoms with Gasteiger partial charge < -0.3 is 20.3 Å². The van der Waals surface area contributed by atoms with Crippen LogP contribution in [0.2, 0.25) is 10.0 Å². The highest BCUT2D eigenvalue weighted by Gasteiger charge is 2.24. The SMILES string of the molecule is CCOC(=O)N1CCC(NC(=O)CCNc2c(Cl)cccc2Cl)CC1. The number of carbonyl (C=O) groups is 2. The van der Waals surface area contributed by atoms with E-state index in [-0.39, 0.29) is 18.0 Å². The van der Waals surface area contributed by atoms with E-state index in [4.69, 9.17) is 27.9 Å². The third-order valence-electron chi connectivity index (χ3n) is 4.00. The van der Waals surface area contributed by atoms with E-state index in [1.54, 1.807) is 30.0 Å². The number of piperidine rings is 1. The summed E-state index contributed by atoms with van der Waals surface area (Å²) in [5.74, 6) is -0.0368. The summed E-state index contributed by atoms with van der Waals surface area (Å²) in [7, 11) is 0. The predicted octanol–water partition coefficient (Wildman–Crippen LogP) is 3.53. The summed E-state index contributed by atoms with van der Waals surface area (Å²) in [5.41, 5.74) is 0.640. The number of nitrogens with zero attached hydrogens (tertiary/aromatic N) is 1. The molecule has 6 nitrogen and oxygen atoms in total. The van der Waals surface area contributed by atoms with Gasteiger partial charge in [0.05, 0.1) is 22.3 Å². The van der Waals surface area contributed by atoms with Crippen molar-refractivity contribution >= 4 is 40.9 Å². The Bertz CT molecular complexity index is 585. The lowest BCUT2D eigenvalue weighted by Gasteiger charge is -2.31. The molecule has 0 bridgehead atoms. The van der Waals surface area contributed by atoms with Gasteiger partial charge in [0.2, 0.25) is 5.91 Å². The van der Waals surface area contributed by atoms with Gasteiger partial charge >= 0.3 is 6.09 Å². The maximum Gasteiger partial charge on any atom is 0.409 e. The molecule has 1 aromatic carbocycles. The summed E-state index contributed by atoms with van der Waals surface area (Å²) in [5, 5.41) is 7.15. The number of hydrogen-bond donors (Lipinski definition) is 2. The number of ether oxygens (including phenoxy) is 1. The second-order valence-corrected chi connectivity index (χ2v) is 6.62. The number of nitrogens with one attached hydrogen (secondary N) is 2. The van der Waals surface area contributed by atoms with Gasteiger partial charge in [-0.1, -0.05) is 29.3 Å². The first-order valence-electron chi connectivity index (χ1n) is 8.40. The van der Waals surface area contributed by atoms with Crippen molar-refractivity contribution in [3.63, 3.8) is 0 Å². The molecule has 0 unspecified atom stereocenters. The average molecular weight is 388 g/mol. The van der Waals surface area contributed by atoms with Gasteiger partial charge in [-0.15, -0.1) is 0 Å². The van der Waals surface area contributed by atoms with Crippen LogP contribution in [-0.2, 0) is 9.53 Å². The summed E-state index contributed by atoms with van der Waals surface area (Å²) < 4.78 is 4.98. The van der Waals surface area contributed by atoms with E-state index in [0.717, 1.165) is 12.8 Å². The van der Waals surface area contributed by atoms with E-state index in [9.17, 15) is 9.59 Å². The predicted molar refractivity (Wildman–Crippen MR) is 99.3 cm³/mol. The van der Waals surface area contributed by atoms with Crippen LogP contribution in [0.15, 0.2) is 18.2 Å². The lowest BCUT2D eigenvalue weighted by Crippen LogP contribution is -2.46. The first kappa shape index (κ1) is 19.7. The Morgan fingerprint density at radius 2 is 1.88 bits per heavy atom. The van der Waals surface area contributed by atoms with Crippen LogP contribution >= 0.6 is 23.2 Å². The molecule has 1 aliphatic rings. The molecule has 138 valence electrons. The van der Waals surface area contributed by atoms with Crippen LogP contribution in [0, 0.1) is 0 Å². The molecule has 1 saturated heterocycles. The highest BCUT2D eigenvalue weighted by atomic mass is 35.5. The van der Waals surface area contributed by atoms with Gasteiger partial charge in [-0.05, 0) is 31.9 Å². The van der Waals surface area contributed by atoms with Crippen molar-refractivity contribution < 1.29 is 14.3 Å². The van der Waals surface area contributed by atoms with Crippen LogP contribution in [-0.4, -0.2) is 49.2 Å². The lowest BCUT2D eigenvalue weighted by atomic mass is 10.1. The molecular formula is C17H23Cl2N3O3. The van der Waals surface area contributed by atoms with Crippen LogP contribution in [0.3, 0.4) is 0 Å². The first-order valence-corrected chi connectivity index (χ1v) is 9.15. The van der Waals surface area contributed by atoms with E-state index in [1.807, 2.05) is 0 Å². The fraction of sp³-hybridized carbons (Fsp3) is 0.529. The summed E-state index contributed by atoms with van der Waals surface area (Å²) in [6.07, 6.45) is 1.50. The molecular weight excluding hydrogens is 365 g/mol. The van der Waals surface area contributed by atoms with Gasteiger partial charge in [-0.2, -0.15) is 0 Å². The number of anilines is 1. The quantitative estimate of drug-likeness (QED) is 0.782. The number of hydrogen-bond acceptors (Lipinski definition) is 4. The number of amides is 2. The fourth-order valence-corrected chi connectivity index (χ4v) is 3.22. The Kier molecular flexibility index (Phi) is 7.65. The monoisotopic (exact) mass is 387 g/mol. The lowest BCUT2D eigenvalue weighted by molar-refractivity contribution is -0.121. The third kappa shape index (κ3) is 5.97. The van der Waals surface area contributed by atoms with Gasteiger partial charge in [0.1, 0.15) is 0 Å². The molecule has 2 N–H and O–H groups in total. The van der Waals surface area contributed by atoms with Crippen LogP contribution in [0.5, 0.6) is 0 Å². The topological polar surface area (TPSA) is 70.7 Å². The second-order valence-electron chi connectivity index (χ2n) is 5.80. The van der Waals surface area contributed by atoms with E-state index in [2.05, 4.69) is 10.6 Å². The molecule has 0 atom stereocenters. The van der Waals surface area contributed by atoms with Crippen molar-refractivity contribution in [1.29, 1.82) is 0 Å². The standard InChI is InChI=1S/C17H23Cl2N3O3/c1-2-25-17(24)22-10-7-12(8-11-22)21-15(23)6-9-20-16-13(18)4-3-5-14(16)19/h3-5,12,20H,2,6-11H2,1H3,(H,21,23). The Balaban J connectivity index is 1.69. The number of carbonyl (C=O) groups excluding carboxylic acids is 2. The Morgan fingerprint density at radius 1 is 1.24 bits per heavy atom. The second kappa shape index (κ2) is 9.73. The minimum atomic E-state index is -0.284. The van der Waals surface area contributed by atoms with E-state index < -0.39 is 0 Å². The van der Waals surface area contributed by atoms with Gasteiger partial charge in [0, 0.05) is 32.1 Å². The van der Waals surface area contributed by atoms with E-state index >= 15 is 0 Å². The number of halogens is 2. The first-order chi connectivity index (χ1) is 12.0. The highest BCUT2D eigenvalue weighted by molar-refractivity contribution is 6.39. The molecule has 0 spiro atoms. The zero-order valence-electron chi connectivity index (χ0n) is 14.2. The van der Waals surface area contributed by atoms with Crippen molar-refractivity contribution in [3.8, 4) is 0 Å². The molecule has 8 heteroatoms. The molecule has 1 fully saturated rings. The molecule has 1 heterocycles. The zero-order valence-corrected chi connectivity index (χ0v) is 15.7. The normalized spacial score (nSPS) is 14.9. The van der Waals surface area contributed by atoms with Crippen LogP contribution in [0.1, 0.15) is 26.2 Å². The number of para-hydroxylation sites is 1. The molecule has 1 aliphatic heterocycles. The van der Waals surface area contributed by atoms with Crippen molar-refractivity contribution in [2.75, 3.05) is 31.6 Å². The van der Waals surface area contributed by atoms with Gasteiger partial charge in [-0.25, -0.2) is 4.79 Å². The summed E-state index contributed by atoms with van der Waals surface area (Å²) in [6.45, 7) is 3.79. The molecule has 25 heavy (non-hydrogen) atoms. The van der Waals surface area contributed by atoms with Gasteiger partial charge in [0.25, 0.3) is 0 Å².